The molecule has 38 heavy (non-hydrogen) atoms. The van der Waals surface area contributed by atoms with Crippen LogP contribution in [0.15, 0.2) is 11.6 Å². The Hall–Kier alpha value is -0.190. The number of ether oxygens (including phenoxy) is 2. The second kappa shape index (κ2) is 25.8. The van der Waals surface area contributed by atoms with Crippen molar-refractivity contribution in [3.63, 3.8) is 0 Å². The van der Waals surface area contributed by atoms with Gasteiger partial charge in [0.05, 0.1) is 18.6 Å². The molecule has 2 aliphatic rings. The maximum atomic E-state index is 6.02. The zero-order valence-corrected chi connectivity index (χ0v) is 26.3. The zero-order valence-electron chi connectivity index (χ0n) is 25.5. The van der Waals surface area contributed by atoms with E-state index in [1.54, 1.807) is 0 Å². The van der Waals surface area contributed by atoms with E-state index < -0.39 is 0 Å². The molecule has 0 saturated carbocycles. The summed E-state index contributed by atoms with van der Waals surface area (Å²) in [5.74, 6) is 1.94. The summed E-state index contributed by atoms with van der Waals surface area (Å²) in [6.45, 7) is 6.24. The van der Waals surface area contributed by atoms with E-state index in [9.17, 15) is 0 Å². The molecular weight excluding hydrogens is 486 g/mol. The molecule has 3 nitrogen and oxygen atoms in total. The third-order valence-corrected chi connectivity index (χ3v) is 9.32. The Morgan fingerprint density at radius 2 is 1.26 bits per heavy atom. The Kier molecular flexibility index (Phi) is 23.1. The van der Waals surface area contributed by atoms with Crippen LogP contribution in [0.1, 0.15) is 161 Å². The predicted molar refractivity (Wildman–Crippen MR) is 169 cm³/mol. The average Bonchev–Trinajstić information content (AvgIpc) is 3.62. The van der Waals surface area contributed by atoms with E-state index in [4.69, 9.17) is 9.47 Å². The molecule has 0 aromatic carbocycles. The molecule has 0 spiro atoms. The first-order chi connectivity index (χ1) is 18.9. The monoisotopic (exact) mass is 551 g/mol. The third kappa shape index (κ3) is 19.8. The number of rotatable bonds is 28. The lowest BCUT2D eigenvalue weighted by Gasteiger charge is -2.13. The predicted octanol–water partition coefficient (Wildman–Crippen LogP) is 10.9. The highest BCUT2D eigenvalue weighted by Crippen LogP contribution is 2.25. The number of hydrogen-bond acceptors (Lipinski definition) is 4. The van der Waals surface area contributed by atoms with E-state index in [1.165, 1.54) is 161 Å². The van der Waals surface area contributed by atoms with Crippen LogP contribution in [0.5, 0.6) is 0 Å². The van der Waals surface area contributed by atoms with Crippen LogP contribution >= 0.6 is 11.8 Å². The van der Waals surface area contributed by atoms with Gasteiger partial charge >= 0.3 is 0 Å². The van der Waals surface area contributed by atoms with Crippen LogP contribution in [0, 0.1) is 5.92 Å². The molecule has 0 N–H and O–H groups in total. The van der Waals surface area contributed by atoms with Crippen molar-refractivity contribution in [2.24, 2.45) is 5.92 Å². The Bertz CT molecular complexity index is 529. The van der Waals surface area contributed by atoms with Crippen LogP contribution < -0.4 is 0 Å². The number of hydrogen-bond donors (Lipinski definition) is 0. The number of unbranched alkanes of at least 4 members (excludes halogenated alkanes) is 20. The van der Waals surface area contributed by atoms with E-state index in [-0.39, 0.29) is 0 Å². The molecule has 2 atom stereocenters. The van der Waals surface area contributed by atoms with Crippen molar-refractivity contribution in [3.05, 3.63) is 11.6 Å². The fraction of sp³-hybridized carbons (Fsp3) is 0.941. The Labute approximate surface area is 242 Å². The summed E-state index contributed by atoms with van der Waals surface area (Å²) in [4.78, 5) is 2.43. The van der Waals surface area contributed by atoms with E-state index in [0.29, 0.717) is 6.10 Å². The highest BCUT2D eigenvalue weighted by Gasteiger charge is 2.24. The summed E-state index contributed by atoms with van der Waals surface area (Å²) < 4.78 is 12.0. The summed E-state index contributed by atoms with van der Waals surface area (Å²) in [6, 6.07) is 0. The smallest absolute Gasteiger partial charge is 0.0812 e. The van der Waals surface area contributed by atoms with E-state index in [2.05, 4.69) is 23.4 Å². The minimum Gasteiger partial charge on any atom is -0.379 e. The van der Waals surface area contributed by atoms with Gasteiger partial charge in [-0.25, -0.2) is 0 Å². The van der Waals surface area contributed by atoms with Crippen molar-refractivity contribution in [1.29, 1.82) is 0 Å². The third-order valence-electron chi connectivity index (χ3n) is 8.53. The van der Waals surface area contributed by atoms with Gasteiger partial charge in [0.1, 0.15) is 0 Å². The fourth-order valence-electron chi connectivity index (χ4n) is 5.97. The van der Waals surface area contributed by atoms with Gasteiger partial charge in [-0.3, -0.25) is 0 Å². The summed E-state index contributed by atoms with van der Waals surface area (Å²) in [6.07, 6.45) is 36.3. The minimum absolute atomic E-state index is 0.360. The fourth-order valence-corrected chi connectivity index (χ4v) is 6.72. The lowest BCUT2D eigenvalue weighted by Crippen LogP contribution is -2.15. The molecule has 2 aliphatic heterocycles. The highest BCUT2D eigenvalue weighted by atomic mass is 32.2. The van der Waals surface area contributed by atoms with Crippen molar-refractivity contribution in [1.82, 2.24) is 4.90 Å². The molecule has 0 aromatic rings. The van der Waals surface area contributed by atoms with Gasteiger partial charge < -0.3 is 14.4 Å². The molecule has 2 heterocycles. The van der Waals surface area contributed by atoms with Crippen LogP contribution in [-0.2, 0) is 9.47 Å². The first-order valence-corrected chi connectivity index (χ1v) is 18.1. The molecule has 2 unspecified atom stereocenters. The molecule has 4 heteroatoms. The minimum atomic E-state index is 0.360. The van der Waals surface area contributed by atoms with E-state index in [1.807, 2.05) is 11.8 Å². The lowest BCUT2D eigenvalue weighted by atomic mass is 9.97. The quantitative estimate of drug-likeness (QED) is 0.0901. The number of thioether (sulfide) groups is 1. The highest BCUT2D eigenvalue weighted by molar-refractivity contribution is 8.02. The molecule has 0 aromatic heterocycles. The van der Waals surface area contributed by atoms with Gasteiger partial charge in [-0.05, 0) is 37.0 Å². The van der Waals surface area contributed by atoms with Gasteiger partial charge in [-0.2, -0.15) is 0 Å². The first-order valence-electron chi connectivity index (χ1n) is 17.1. The Morgan fingerprint density at radius 1 is 0.711 bits per heavy atom. The molecule has 0 amide bonds. The maximum absolute atomic E-state index is 6.02. The summed E-state index contributed by atoms with van der Waals surface area (Å²) in [5.41, 5.74) is 0. The summed E-state index contributed by atoms with van der Waals surface area (Å²) >= 11 is 1.90. The zero-order chi connectivity index (χ0) is 26.8. The topological polar surface area (TPSA) is 21.7 Å². The molecular formula is C34H65NO2S. The summed E-state index contributed by atoms with van der Waals surface area (Å²) in [5, 5.41) is 2.21. The molecule has 1 saturated heterocycles. The van der Waals surface area contributed by atoms with Crippen molar-refractivity contribution in [2.45, 2.75) is 167 Å². The molecule has 224 valence electrons. The number of nitrogens with zero attached hydrogens (tertiary/aromatic N) is 1. The summed E-state index contributed by atoms with van der Waals surface area (Å²) in [7, 11) is 0. The van der Waals surface area contributed by atoms with E-state index >= 15 is 0 Å². The molecule has 2 rings (SSSR count). The van der Waals surface area contributed by atoms with E-state index in [0.717, 1.165) is 31.6 Å². The largest absolute Gasteiger partial charge is 0.379 e. The van der Waals surface area contributed by atoms with Gasteiger partial charge in [-0.15, -0.1) is 11.8 Å². The molecule has 0 bridgehead atoms. The normalized spacial score (nSPS) is 19.2. The van der Waals surface area contributed by atoms with Crippen LogP contribution in [0.25, 0.3) is 0 Å². The lowest BCUT2D eigenvalue weighted by molar-refractivity contribution is 0.0153. The van der Waals surface area contributed by atoms with Crippen LogP contribution in [-0.4, -0.2) is 43.2 Å². The SMILES string of the molecule is CCCCCCCCCCCCCCCCCCC1COC(COCCCCCCCCN2C=CSC2)C1. The Morgan fingerprint density at radius 3 is 1.84 bits per heavy atom. The second-order valence-corrected chi connectivity index (χ2v) is 13.1. The van der Waals surface area contributed by atoms with Gasteiger partial charge in [-0.1, -0.05) is 135 Å². The molecule has 1 fully saturated rings. The second-order valence-electron chi connectivity index (χ2n) is 12.2. The first kappa shape index (κ1) is 34.0. The van der Waals surface area contributed by atoms with Crippen molar-refractivity contribution < 1.29 is 9.47 Å². The molecule has 0 aliphatic carbocycles. The molecule has 0 radical (unpaired) electrons. The van der Waals surface area contributed by atoms with Gasteiger partial charge in [0, 0.05) is 26.0 Å². The van der Waals surface area contributed by atoms with Crippen molar-refractivity contribution in [2.75, 3.05) is 32.2 Å². The van der Waals surface area contributed by atoms with Crippen LogP contribution in [0.2, 0.25) is 0 Å². The van der Waals surface area contributed by atoms with Crippen molar-refractivity contribution >= 4 is 11.8 Å². The Balaban J connectivity index is 1.23. The van der Waals surface area contributed by atoms with Gasteiger partial charge in [0.15, 0.2) is 0 Å². The van der Waals surface area contributed by atoms with Crippen LogP contribution in [0.3, 0.4) is 0 Å². The van der Waals surface area contributed by atoms with Gasteiger partial charge in [0.25, 0.3) is 0 Å². The maximum Gasteiger partial charge on any atom is 0.0812 e. The average molecular weight is 552 g/mol. The van der Waals surface area contributed by atoms with Gasteiger partial charge in [0.2, 0.25) is 0 Å². The van der Waals surface area contributed by atoms with Crippen LogP contribution in [0.4, 0.5) is 0 Å². The standard InChI is InChI=1S/C34H65NO2S/c1-2-3-4-5-6-7-8-9-10-11-12-13-14-15-18-21-24-33-29-34(37-30-33)31-36-27-23-20-17-16-19-22-25-35-26-28-38-32-35/h26,28,33-34H,2-25,27,29-32H2,1H3. The van der Waals surface area contributed by atoms with Crippen molar-refractivity contribution in [3.8, 4) is 0 Å².